The van der Waals surface area contributed by atoms with Crippen molar-refractivity contribution in [1.29, 1.82) is 0 Å². The molecule has 0 bridgehead atoms. The quantitative estimate of drug-likeness (QED) is 0.562. The lowest BCUT2D eigenvalue weighted by atomic mass is 10.1. The zero-order chi connectivity index (χ0) is 18.2. The second kappa shape index (κ2) is 9.12. The van der Waals surface area contributed by atoms with Crippen LogP contribution in [-0.2, 0) is 4.79 Å². The highest BCUT2D eigenvalue weighted by Crippen LogP contribution is 2.28. The number of carbonyl (C=O) groups is 2. The Morgan fingerprint density at radius 3 is 2.50 bits per heavy atom. The zero-order valence-electron chi connectivity index (χ0n) is 14.3. The first-order valence-corrected chi connectivity index (χ1v) is 7.95. The lowest BCUT2D eigenvalue weighted by Gasteiger charge is -2.18. The van der Waals surface area contributed by atoms with Crippen molar-refractivity contribution in [2.24, 2.45) is 0 Å². The average Bonchev–Trinajstić information content (AvgIpc) is 2.54. The van der Waals surface area contributed by atoms with Gasteiger partial charge in [-0.1, -0.05) is 13.3 Å². The largest absolute Gasteiger partial charge is 0.490 e. The van der Waals surface area contributed by atoms with Crippen LogP contribution in [0.2, 0.25) is 0 Å². The predicted molar refractivity (Wildman–Crippen MR) is 88.6 cm³/mol. The fourth-order valence-electron chi connectivity index (χ4n) is 1.79. The van der Waals surface area contributed by atoms with Gasteiger partial charge < -0.3 is 25.0 Å². The fourth-order valence-corrected chi connectivity index (χ4v) is 1.79. The third-order valence-electron chi connectivity index (χ3n) is 3.32. The van der Waals surface area contributed by atoms with Crippen LogP contribution in [0.5, 0.6) is 11.5 Å². The maximum absolute atomic E-state index is 12.1. The van der Waals surface area contributed by atoms with E-state index in [1.807, 2.05) is 6.92 Å². The van der Waals surface area contributed by atoms with E-state index < -0.39 is 24.0 Å². The first kappa shape index (κ1) is 19.8. The van der Waals surface area contributed by atoms with Crippen molar-refractivity contribution < 1.29 is 29.3 Å². The molecule has 7 heteroatoms. The second-order valence-corrected chi connectivity index (χ2v) is 5.56. The Morgan fingerprint density at radius 2 is 1.92 bits per heavy atom. The SMILES string of the molecule is CCCCOc1ccc(C(=O)NCC(C)(O)C(=O)O)cc1OCC. The van der Waals surface area contributed by atoms with Crippen LogP contribution in [0, 0.1) is 0 Å². The number of nitrogens with one attached hydrogen (secondary N) is 1. The highest BCUT2D eigenvalue weighted by atomic mass is 16.5. The van der Waals surface area contributed by atoms with E-state index in [-0.39, 0.29) is 0 Å². The van der Waals surface area contributed by atoms with Crippen molar-refractivity contribution in [1.82, 2.24) is 5.32 Å². The summed E-state index contributed by atoms with van der Waals surface area (Å²) >= 11 is 0. The number of rotatable bonds is 10. The number of hydrogen-bond donors (Lipinski definition) is 3. The summed E-state index contributed by atoms with van der Waals surface area (Å²) in [6.07, 6.45) is 1.92. The van der Waals surface area contributed by atoms with Crippen LogP contribution in [0.1, 0.15) is 44.0 Å². The Morgan fingerprint density at radius 1 is 1.21 bits per heavy atom. The minimum atomic E-state index is -2.03. The van der Waals surface area contributed by atoms with E-state index in [4.69, 9.17) is 14.6 Å². The van der Waals surface area contributed by atoms with Crippen molar-refractivity contribution >= 4 is 11.9 Å². The number of amides is 1. The van der Waals surface area contributed by atoms with Crippen molar-refractivity contribution in [3.63, 3.8) is 0 Å². The minimum Gasteiger partial charge on any atom is -0.490 e. The van der Waals surface area contributed by atoms with Crippen molar-refractivity contribution in [2.75, 3.05) is 19.8 Å². The lowest BCUT2D eigenvalue weighted by molar-refractivity contribution is -0.155. The molecule has 0 aliphatic carbocycles. The van der Waals surface area contributed by atoms with Crippen molar-refractivity contribution in [3.05, 3.63) is 23.8 Å². The van der Waals surface area contributed by atoms with Gasteiger partial charge in [0.05, 0.1) is 19.8 Å². The third-order valence-corrected chi connectivity index (χ3v) is 3.32. The van der Waals surface area contributed by atoms with Crippen LogP contribution >= 0.6 is 0 Å². The molecule has 1 unspecified atom stereocenters. The van der Waals surface area contributed by atoms with Gasteiger partial charge in [-0.25, -0.2) is 4.79 Å². The van der Waals surface area contributed by atoms with Crippen LogP contribution in [0.15, 0.2) is 18.2 Å². The smallest absolute Gasteiger partial charge is 0.337 e. The standard InChI is InChI=1S/C17H25NO6/c1-4-6-9-24-13-8-7-12(10-14(13)23-5-2)15(19)18-11-17(3,22)16(20)21/h7-8,10,22H,4-6,9,11H2,1-3H3,(H,18,19)(H,20,21). The van der Waals surface area contributed by atoms with E-state index in [9.17, 15) is 14.7 Å². The summed E-state index contributed by atoms with van der Waals surface area (Å²) in [5, 5.41) is 20.9. The van der Waals surface area contributed by atoms with E-state index in [1.54, 1.807) is 12.1 Å². The molecule has 1 rings (SSSR count). The molecule has 0 saturated heterocycles. The molecular formula is C17H25NO6. The van der Waals surface area contributed by atoms with Crippen LogP contribution in [0.4, 0.5) is 0 Å². The van der Waals surface area contributed by atoms with Gasteiger partial charge in [0.1, 0.15) is 0 Å². The molecule has 134 valence electrons. The molecule has 0 radical (unpaired) electrons. The molecule has 1 atom stereocenters. The Balaban J connectivity index is 2.82. The monoisotopic (exact) mass is 339 g/mol. The first-order chi connectivity index (χ1) is 11.3. The Kier molecular flexibility index (Phi) is 7.51. The van der Waals surface area contributed by atoms with Crippen molar-refractivity contribution in [3.8, 4) is 11.5 Å². The highest BCUT2D eigenvalue weighted by Gasteiger charge is 2.30. The van der Waals surface area contributed by atoms with Gasteiger partial charge in [-0.05, 0) is 38.5 Å². The van der Waals surface area contributed by atoms with Gasteiger partial charge in [-0.3, -0.25) is 4.79 Å². The molecule has 0 aliphatic heterocycles. The van der Waals surface area contributed by atoms with Crippen LogP contribution in [0.3, 0.4) is 0 Å². The molecule has 0 aliphatic rings. The molecule has 0 heterocycles. The molecule has 0 saturated carbocycles. The molecule has 0 aromatic heterocycles. The maximum Gasteiger partial charge on any atom is 0.337 e. The van der Waals surface area contributed by atoms with Crippen molar-refractivity contribution in [2.45, 2.75) is 39.2 Å². The number of carboxylic acids is 1. The number of aliphatic carboxylic acids is 1. The summed E-state index contributed by atoms with van der Waals surface area (Å²) in [5.41, 5.74) is -1.73. The highest BCUT2D eigenvalue weighted by molar-refractivity contribution is 5.95. The molecule has 1 aromatic carbocycles. The number of unbranched alkanes of at least 4 members (excludes halogenated alkanes) is 1. The van der Waals surface area contributed by atoms with Gasteiger partial charge >= 0.3 is 5.97 Å². The second-order valence-electron chi connectivity index (χ2n) is 5.56. The maximum atomic E-state index is 12.1. The van der Waals surface area contributed by atoms with E-state index in [0.29, 0.717) is 30.3 Å². The Bertz CT molecular complexity index is 570. The topological polar surface area (TPSA) is 105 Å². The van der Waals surface area contributed by atoms with Gasteiger partial charge in [0.15, 0.2) is 17.1 Å². The number of hydrogen-bond acceptors (Lipinski definition) is 5. The summed E-state index contributed by atoms with van der Waals surface area (Å²) in [6.45, 7) is 5.58. The van der Waals surface area contributed by atoms with Gasteiger partial charge in [-0.2, -0.15) is 0 Å². The molecule has 1 aromatic rings. The van der Waals surface area contributed by atoms with Crippen LogP contribution in [-0.4, -0.2) is 47.4 Å². The summed E-state index contributed by atoms with van der Waals surface area (Å²) in [6, 6.07) is 4.75. The lowest BCUT2D eigenvalue weighted by Crippen LogP contribution is -2.46. The van der Waals surface area contributed by atoms with E-state index >= 15 is 0 Å². The molecule has 24 heavy (non-hydrogen) atoms. The van der Waals surface area contributed by atoms with E-state index in [2.05, 4.69) is 12.2 Å². The normalized spacial score (nSPS) is 13.0. The number of carboxylic acid groups (broad SMARTS) is 1. The third kappa shape index (κ3) is 5.73. The van der Waals surface area contributed by atoms with Crippen LogP contribution in [0.25, 0.3) is 0 Å². The summed E-state index contributed by atoms with van der Waals surface area (Å²) in [7, 11) is 0. The number of aliphatic hydroxyl groups is 1. The molecular weight excluding hydrogens is 314 g/mol. The van der Waals surface area contributed by atoms with Gasteiger partial charge in [-0.15, -0.1) is 0 Å². The number of carbonyl (C=O) groups excluding carboxylic acids is 1. The van der Waals surface area contributed by atoms with E-state index in [0.717, 1.165) is 19.8 Å². The predicted octanol–water partition coefficient (Wildman–Crippen LogP) is 1.83. The Hall–Kier alpha value is -2.28. The summed E-state index contributed by atoms with van der Waals surface area (Å²) in [5.74, 6) is -0.902. The van der Waals surface area contributed by atoms with Gasteiger partial charge in [0.25, 0.3) is 5.91 Å². The number of ether oxygens (including phenoxy) is 2. The first-order valence-electron chi connectivity index (χ1n) is 7.95. The number of benzene rings is 1. The molecule has 0 fully saturated rings. The fraction of sp³-hybridized carbons (Fsp3) is 0.529. The van der Waals surface area contributed by atoms with Gasteiger partial charge in [0.2, 0.25) is 0 Å². The Labute approximate surface area is 141 Å². The molecule has 7 nitrogen and oxygen atoms in total. The molecule has 1 amide bonds. The van der Waals surface area contributed by atoms with Crippen LogP contribution < -0.4 is 14.8 Å². The van der Waals surface area contributed by atoms with Gasteiger partial charge in [0, 0.05) is 5.56 Å². The average molecular weight is 339 g/mol. The molecule has 3 N–H and O–H groups in total. The molecule has 0 spiro atoms. The summed E-state index contributed by atoms with van der Waals surface area (Å²) in [4.78, 5) is 23.0. The summed E-state index contributed by atoms with van der Waals surface area (Å²) < 4.78 is 11.1. The zero-order valence-corrected chi connectivity index (χ0v) is 14.3. The van der Waals surface area contributed by atoms with E-state index in [1.165, 1.54) is 6.07 Å². The minimum absolute atomic E-state index is 0.294.